The van der Waals surface area contributed by atoms with Crippen molar-refractivity contribution >= 4 is 17.8 Å². The Kier molecular flexibility index (Phi) is 7.64. The summed E-state index contributed by atoms with van der Waals surface area (Å²) in [6.45, 7) is 6.28. The van der Waals surface area contributed by atoms with Crippen molar-refractivity contribution in [2.75, 3.05) is 32.9 Å². The number of hydrogen-bond donors (Lipinski definition) is 0. The van der Waals surface area contributed by atoms with Crippen LogP contribution in [0.1, 0.15) is 30.9 Å². The minimum Gasteiger partial charge on any atom is -0.481 e. The average molecular weight is 377 g/mol. The van der Waals surface area contributed by atoms with Crippen LogP contribution in [0, 0.1) is 19.8 Å². The SMILES string of the molecule is CCOC(=O)C1CCN(C(=O)COC(=O)COc2c(C)cccc2C)CC1. The van der Waals surface area contributed by atoms with Gasteiger partial charge >= 0.3 is 11.9 Å². The minimum absolute atomic E-state index is 0.165. The topological polar surface area (TPSA) is 82.1 Å². The van der Waals surface area contributed by atoms with Gasteiger partial charge < -0.3 is 19.1 Å². The van der Waals surface area contributed by atoms with E-state index in [2.05, 4.69) is 0 Å². The van der Waals surface area contributed by atoms with Gasteiger partial charge in [-0.1, -0.05) is 18.2 Å². The van der Waals surface area contributed by atoms with E-state index >= 15 is 0 Å². The number of carbonyl (C=O) groups excluding carboxylic acids is 3. The molecule has 0 atom stereocenters. The Labute approximate surface area is 159 Å². The molecule has 0 saturated carbocycles. The lowest BCUT2D eigenvalue weighted by molar-refractivity contribution is -0.155. The molecule has 27 heavy (non-hydrogen) atoms. The number of ether oxygens (including phenoxy) is 3. The lowest BCUT2D eigenvalue weighted by Crippen LogP contribution is -2.42. The molecule has 0 N–H and O–H groups in total. The number of likely N-dealkylation sites (tertiary alicyclic amines) is 1. The molecule has 1 heterocycles. The Morgan fingerprint density at radius 1 is 1.04 bits per heavy atom. The highest BCUT2D eigenvalue weighted by atomic mass is 16.6. The molecule has 1 amide bonds. The fourth-order valence-corrected chi connectivity index (χ4v) is 3.06. The number of para-hydroxylation sites is 1. The van der Waals surface area contributed by atoms with Crippen molar-refractivity contribution in [2.45, 2.75) is 33.6 Å². The zero-order valence-electron chi connectivity index (χ0n) is 16.2. The van der Waals surface area contributed by atoms with Crippen molar-refractivity contribution in [1.82, 2.24) is 4.90 Å². The monoisotopic (exact) mass is 377 g/mol. The molecule has 0 radical (unpaired) electrons. The molecule has 1 aromatic carbocycles. The first-order chi connectivity index (χ1) is 12.9. The predicted octanol–water partition coefficient (Wildman–Crippen LogP) is 2.03. The van der Waals surface area contributed by atoms with E-state index in [-0.39, 0.29) is 31.0 Å². The van der Waals surface area contributed by atoms with Crippen molar-refractivity contribution in [1.29, 1.82) is 0 Å². The number of aryl methyl sites for hydroxylation is 2. The van der Waals surface area contributed by atoms with Crippen molar-refractivity contribution < 1.29 is 28.6 Å². The summed E-state index contributed by atoms with van der Waals surface area (Å²) in [5.74, 6) is -0.575. The number of piperidine rings is 1. The highest BCUT2D eigenvalue weighted by molar-refractivity contribution is 5.81. The second-order valence-electron chi connectivity index (χ2n) is 6.58. The second kappa shape index (κ2) is 9.94. The molecule has 1 saturated heterocycles. The third-order valence-electron chi connectivity index (χ3n) is 4.57. The number of carbonyl (C=O) groups is 3. The van der Waals surface area contributed by atoms with E-state index in [9.17, 15) is 14.4 Å². The number of rotatable bonds is 7. The van der Waals surface area contributed by atoms with Crippen molar-refractivity contribution in [3.63, 3.8) is 0 Å². The molecule has 2 rings (SSSR count). The number of amides is 1. The lowest BCUT2D eigenvalue weighted by Gasteiger charge is -2.30. The summed E-state index contributed by atoms with van der Waals surface area (Å²) in [6.07, 6.45) is 1.13. The summed E-state index contributed by atoms with van der Waals surface area (Å²) in [7, 11) is 0. The van der Waals surface area contributed by atoms with Gasteiger partial charge in [-0.25, -0.2) is 4.79 Å². The van der Waals surface area contributed by atoms with E-state index < -0.39 is 5.97 Å². The maximum Gasteiger partial charge on any atom is 0.344 e. The van der Waals surface area contributed by atoms with Crippen LogP contribution in [0.2, 0.25) is 0 Å². The van der Waals surface area contributed by atoms with E-state index in [1.807, 2.05) is 32.0 Å². The van der Waals surface area contributed by atoms with Crippen molar-refractivity contribution in [3.8, 4) is 5.75 Å². The molecule has 0 unspecified atom stereocenters. The zero-order chi connectivity index (χ0) is 19.8. The maximum absolute atomic E-state index is 12.2. The standard InChI is InChI=1S/C20H27NO6/c1-4-25-20(24)16-8-10-21(11-9-16)17(22)12-26-18(23)13-27-19-14(2)6-5-7-15(19)3/h5-7,16H,4,8-13H2,1-3H3. The molecular weight excluding hydrogens is 350 g/mol. The van der Waals surface area contributed by atoms with E-state index in [4.69, 9.17) is 14.2 Å². The smallest absolute Gasteiger partial charge is 0.344 e. The van der Waals surface area contributed by atoms with Gasteiger partial charge in [0.05, 0.1) is 12.5 Å². The minimum atomic E-state index is -0.590. The molecule has 1 aliphatic rings. The Morgan fingerprint density at radius 3 is 2.26 bits per heavy atom. The fraction of sp³-hybridized carbons (Fsp3) is 0.550. The van der Waals surface area contributed by atoms with Crippen LogP contribution in [0.25, 0.3) is 0 Å². The largest absolute Gasteiger partial charge is 0.481 e. The first-order valence-corrected chi connectivity index (χ1v) is 9.21. The number of benzene rings is 1. The highest BCUT2D eigenvalue weighted by Crippen LogP contribution is 2.22. The van der Waals surface area contributed by atoms with Crippen molar-refractivity contribution in [3.05, 3.63) is 29.3 Å². The first kappa shape index (κ1) is 20.7. The average Bonchev–Trinajstić information content (AvgIpc) is 2.66. The summed E-state index contributed by atoms with van der Waals surface area (Å²) < 4.78 is 15.6. The van der Waals surface area contributed by atoms with Gasteiger partial charge in [0.1, 0.15) is 5.75 Å². The Morgan fingerprint density at radius 2 is 1.67 bits per heavy atom. The summed E-state index contributed by atoms with van der Waals surface area (Å²) in [6, 6.07) is 5.72. The summed E-state index contributed by atoms with van der Waals surface area (Å²) >= 11 is 0. The molecule has 0 aromatic heterocycles. The Hall–Kier alpha value is -2.57. The number of hydrogen-bond acceptors (Lipinski definition) is 6. The van der Waals surface area contributed by atoms with Crippen LogP contribution in [-0.4, -0.2) is 55.7 Å². The summed E-state index contributed by atoms with van der Waals surface area (Å²) in [4.78, 5) is 37.4. The molecule has 7 nitrogen and oxygen atoms in total. The van der Waals surface area contributed by atoms with Gasteiger partial charge in [0.25, 0.3) is 5.91 Å². The molecular formula is C20H27NO6. The van der Waals surface area contributed by atoms with Gasteiger partial charge in [-0.3, -0.25) is 9.59 Å². The van der Waals surface area contributed by atoms with Gasteiger partial charge in [-0.05, 0) is 44.7 Å². The van der Waals surface area contributed by atoms with E-state index in [0.717, 1.165) is 11.1 Å². The van der Waals surface area contributed by atoms with E-state index in [0.29, 0.717) is 38.3 Å². The van der Waals surface area contributed by atoms with E-state index in [1.165, 1.54) is 0 Å². The molecule has 1 aliphatic heterocycles. The quantitative estimate of drug-likeness (QED) is 0.676. The van der Waals surface area contributed by atoms with Gasteiger partial charge in [0.15, 0.2) is 13.2 Å². The Bertz CT molecular complexity index is 659. The summed E-state index contributed by atoms with van der Waals surface area (Å²) in [5.41, 5.74) is 1.87. The van der Waals surface area contributed by atoms with Crippen LogP contribution in [0.15, 0.2) is 18.2 Å². The molecule has 1 fully saturated rings. The predicted molar refractivity (Wildman–Crippen MR) is 98.3 cm³/mol. The van der Waals surface area contributed by atoms with Crippen LogP contribution in [0.5, 0.6) is 5.75 Å². The maximum atomic E-state index is 12.2. The zero-order valence-corrected chi connectivity index (χ0v) is 16.2. The molecule has 1 aromatic rings. The van der Waals surface area contributed by atoms with Crippen LogP contribution < -0.4 is 4.74 Å². The van der Waals surface area contributed by atoms with Crippen LogP contribution >= 0.6 is 0 Å². The normalized spacial score (nSPS) is 14.6. The van der Waals surface area contributed by atoms with Crippen molar-refractivity contribution in [2.24, 2.45) is 5.92 Å². The van der Waals surface area contributed by atoms with Crippen LogP contribution in [-0.2, 0) is 23.9 Å². The van der Waals surface area contributed by atoms with Gasteiger partial charge in [0.2, 0.25) is 0 Å². The third kappa shape index (κ3) is 5.98. The molecule has 7 heteroatoms. The second-order valence-corrected chi connectivity index (χ2v) is 6.58. The number of nitrogens with zero attached hydrogens (tertiary/aromatic N) is 1. The molecule has 0 spiro atoms. The van der Waals surface area contributed by atoms with Gasteiger partial charge in [-0.2, -0.15) is 0 Å². The molecule has 0 bridgehead atoms. The van der Waals surface area contributed by atoms with Gasteiger partial charge in [0, 0.05) is 13.1 Å². The first-order valence-electron chi connectivity index (χ1n) is 9.21. The molecule has 148 valence electrons. The summed E-state index contributed by atoms with van der Waals surface area (Å²) in [5, 5.41) is 0. The van der Waals surface area contributed by atoms with Crippen LogP contribution in [0.4, 0.5) is 0 Å². The van der Waals surface area contributed by atoms with Crippen LogP contribution in [0.3, 0.4) is 0 Å². The lowest BCUT2D eigenvalue weighted by atomic mass is 9.97. The Balaban J connectivity index is 1.71. The van der Waals surface area contributed by atoms with E-state index in [1.54, 1.807) is 11.8 Å². The molecule has 0 aliphatic carbocycles. The highest BCUT2D eigenvalue weighted by Gasteiger charge is 2.28. The number of esters is 2. The third-order valence-corrected chi connectivity index (χ3v) is 4.57. The van der Waals surface area contributed by atoms with Gasteiger partial charge in [-0.15, -0.1) is 0 Å². The fourth-order valence-electron chi connectivity index (χ4n) is 3.06.